The predicted octanol–water partition coefficient (Wildman–Crippen LogP) is 1.26. The minimum Gasteiger partial charge on any atom is -0.748 e. The van der Waals surface area contributed by atoms with E-state index in [-0.39, 0.29) is 17.9 Å². The SMILES string of the molecule is C[N+](C)(CCCS(=O)(=O)[O-])Cc1cc(Cl)cc(O)c1O. The third-order valence-corrected chi connectivity index (χ3v) is 3.90. The first-order valence-corrected chi connectivity index (χ1v) is 7.92. The molecule has 0 aliphatic carbocycles. The zero-order chi connectivity index (χ0) is 15.6. The molecular weight excluding hydrogens is 306 g/mol. The highest BCUT2D eigenvalue weighted by Crippen LogP contribution is 2.33. The highest BCUT2D eigenvalue weighted by Gasteiger charge is 2.20. The van der Waals surface area contributed by atoms with E-state index in [4.69, 9.17) is 11.6 Å². The number of benzene rings is 1. The summed E-state index contributed by atoms with van der Waals surface area (Å²) in [5.74, 6) is -0.951. The first kappa shape index (κ1) is 17.0. The minimum absolute atomic E-state index is 0.228. The van der Waals surface area contributed by atoms with E-state index in [0.717, 1.165) is 0 Å². The maximum atomic E-state index is 10.6. The van der Waals surface area contributed by atoms with Gasteiger partial charge in [-0.2, -0.15) is 0 Å². The highest BCUT2D eigenvalue weighted by atomic mass is 35.5. The molecule has 20 heavy (non-hydrogen) atoms. The van der Waals surface area contributed by atoms with Crippen molar-refractivity contribution in [2.24, 2.45) is 0 Å². The molecule has 0 aliphatic rings. The summed E-state index contributed by atoms with van der Waals surface area (Å²) >= 11 is 5.82. The van der Waals surface area contributed by atoms with Gasteiger partial charge in [-0.1, -0.05) is 11.6 Å². The lowest BCUT2D eigenvalue weighted by molar-refractivity contribution is -0.903. The third-order valence-electron chi connectivity index (χ3n) is 2.89. The Morgan fingerprint density at radius 3 is 2.45 bits per heavy atom. The fraction of sp³-hybridized carbons (Fsp3) is 0.500. The molecule has 6 nitrogen and oxygen atoms in total. The summed E-state index contributed by atoms with van der Waals surface area (Å²) in [5, 5.41) is 19.6. The second-order valence-corrected chi connectivity index (χ2v) is 7.33. The molecule has 1 aromatic rings. The number of phenols is 2. The summed E-state index contributed by atoms with van der Waals surface area (Å²) in [6.07, 6.45) is 0.228. The molecule has 0 heterocycles. The summed E-state index contributed by atoms with van der Waals surface area (Å²) in [6.45, 7) is 0.785. The van der Waals surface area contributed by atoms with Crippen LogP contribution in [0.25, 0.3) is 0 Å². The molecule has 0 aliphatic heterocycles. The van der Waals surface area contributed by atoms with Crippen molar-refractivity contribution in [2.75, 3.05) is 26.4 Å². The van der Waals surface area contributed by atoms with Crippen molar-refractivity contribution in [2.45, 2.75) is 13.0 Å². The molecule has 0 unspecified atom stereocenters. The van der Waals surface area contributed by atoms with Crippen molar-refractivity contribution >= 4 is 21.7 Å². The molecule has 0 saturated heterocycles. The Bertz CT molecular complexity index is 586. The van der Waals surface area contributed by atoms with Crippen molar-refractivity contribution < 1.29 is 27.7 Å². The van der Waals surface area contributed by atoms with Gasteiger partial charge in [-0.05, 0) is 6.07 Å². The van der Waals surface area contributed by atoms with Crippen LogP contribution in [0.1, 0.15) is 12.0 Å². The molecule has 0 bridgehead atoms. The summed E-state index contributed by atoms with van der Waals surface area (Å²) in [4.78, 5) is 0. The van der Waals surface area contributed by atoms with Crippen molar-refractivity contribution in [3.63, 3.8) is 0 Å². The molecule has 0 atom stereocenters. The Balaban J connectivity index is 2.76. The Hall–Kier alpha value is -1.02. The van der Waals surface area contributed by atoms with Gasteiger partial charge in [0.15, 0.2) is 11.5 Å². The predicted molar refractivity (Wildman–Crippen MR) is 74.6 cm³/mol. The minimum atomic E-state index is -4.21. The average molecular weight is 324 g/mol. The molecule has 0 fully saturated rings. The van der Waals surface area contributed by atoms with Crippen LogP contribution < -0.4 is 0 Å². The zero-order valence-corrected chi connectivity index (χ0v) is 12.9. The number of aromatic hydroxyl groups is 2. The second kappa shape index (κ2) is 6.17. The van der Waals surface area contributed by atoms with Crippen LogP contribution >= 0.6 is 11.6 Å². The van der Waals surface area contributed by atoms with Crippen LogP contribution in [-0.4, -0.2) is 54.1 Å². The van der Waals surface area contributed by atoms with Gasteiger partial charge < -0.3 is 19.2 Å². The Kier molecular flexibility index (Phi) is 5.26. The van der Waals surface area contributed by atoms with Gasteiger partial charge in [-0.15, -0.1) is 0 Å². The van der Waals surface area contributed by atoms with Crippen LogP contribution in [0.2, 0.25) is 5.02 Å². The van der Waals surface area contributed by atoms with E-state index >= 15 is 0 Å². The zero-order valence-electron chi connectivity index (χ0n) is 11.3. The Morgan fingerprint density at radius 2 is 1.90 bits per heavy atom. The summed E-state index contributed by atoms with van der Waals surface area (Å²) in [5.41, 5.74) is 0.463. The van der Waals surface area contributed by atoms with Crippen molar-refractivity contribution in [3.05, 3.63) is 22.7 Å². The monoisotopic (exact) mass is 323 g/mol. The van der Waals surface area contributed by atoms with Crippen LogP contribution in [-0.2, 0) is 16.7 Å². The van der Waals surface area contributed by atoms with E-state index in [1.54, 1.807) is 6.07 Å². The van der Waals surface area contributed by atoms with Crippen LogP contribution in [0.3, 0.4) is 0 Å². The van der Waals surface area contributed by atoms with Crippen LogP contribution in [0, 0.1) is 0 Å². The Labute approximate surface area is 123 Å². The van der Waals surface area contributed by atoms with Gasteiger partial charge >= 0.3 is 0 Å². The number of phenolic OH excluding ortho intramolecular Hbond substituents is 2. The van der Waals surface area contributed by atoms with E-state index in [1.807, 2.05) is 14.1 Å². The summed E-state index contributed by atoms with van der Waals surface area (Å²) in [6, 6.07) is 2.78. The van der Waals surface area contributed by atoms with Crippen molar-refractivity contribution in [1.29, 1.82) is 0 Å². The molecule has 0 amide bonds. The van der Waals surface area contributed by atoms with E-state index in [9.17, 15) is 23.2 Å². The van der Waals surface area contributed by atoms with Gasteiger partial charge in [-0.3, -0.25) is 0 Å². The summed E-state index contributed by atoms with van der Waals surface area (Å²) < 4.78 is 32.0. The molecule has 0 radical (unpaired) electrons. The highest BCUT2D eigenvalue weighted by molar-refractivity contribution is 7.85. The average Bonchev–Trinajstić information content (AvgIpc) is 2.22. The smallest absolute Gasteiger partial charge is 0.166 e. The fourth-order valence-electron chi connectivity index (χ4n) is 1.97. The summed E-state index contributed by atoms with van der Waals surface area (Å²) in [7, 11) is -0.555. The van der Waals surface area contributed by atoms with Crippen LogP contribution in [0.5, 0.6) is 11.5 Å². The van der Waals surface area contributed by atoms with Gasteiger partial charge in [0.1, 0.15) is 6.54 Å². The number of rotatable bonds is 6. The molecule has 0 saturated carbocycles. The van der Waals surface area contributed by atoms with E-state index in [0.29, 0.717) is 28.2 Å². The molecule has 1 rings (SSSR count). The van der Waals surface area contributed by atoms with Gasteiger partial charge in [-0.25, -0.2) is 8.42 Å². The number of quaternary nitrogens is 1. The van der Waals surface area contributed by atoms with Crippen molar-refractivity contribution in [3.8, 4) is 11.5 Å². The lowest BCUT2D eigenvalue weighted by Crippen LogP contribution is -2.40. The first-order chi connectivity index (χ1) is 9.00. The number of nitrogens with zero attached hydrogens (tertiary/aromatic N) is 1. The molecule has 114 valence electrons. The lowest BCUT2D eigenvalue weighted by Gasteiger charge is -2.30. The van der Waals surface area contributed by atoms with Gasteiger partial charge in [0.2, 0.25) is 0 Å². The van der Waals surface area contributed by atoms with E-state index < -0.39 is 15.9 Å². The molecule has 8 heteroatoms. The third kappa shape index (κ3) is 5.54. The maximum absolute atomic E-state index is 10.6. The number of hydrogen-bond acceptors (Lipinski definition) is 5. The normalized spacial score (nSPS) is 12.6. The van der Waals surface area contributed by atoms with Gasteiger partial charge in [0.25, 0.3) is 0 Å². The molecular formula is C12H18ClNO5S. The molecule has 1 aromatic carbocycles. The lowest BCUT2D eigenvalue weighted by atomic mass is 10.1. The number of halogens is 1. The maximum Gasteiger partial charge on any atom is 0.166 e. The largest absolute Gasteiger partial charge is 0.748 e. The van der Waals surface area contributed by atoms with Crippen LogP contribution in [0.15, 0.2) is 12.1 Å². The first-order valence-electron chi connectivity index (χ1n) is 5.96. The van der Waals surface area contributed by atoms with Gasteiger partial charge in [0, 0.05) is 23.3 Å². The second-order valence-electron chi connectivity index (χ2n) is 5.37. The quantitative estimate of drug-likeness (QED) is 0.466. The fourth-order valence-corrected chi connectivity index (χ4v) is 2.69. The van der Waals surface area contributed by atoms with Crippen molar-refractivity contribution in [1.82, 2.24) is 0 Å². The Morgan fingerprint density at radius 1 is 1.30 bits per heavy atom. The number of hydrogen-bond donors (Lipinski definition) is 2. The van der Waals surface area contributed by atoms with Gasteiger partial charge in [0.05, 0.1) is 36.3 Å². The molecule has 0 aromatic heterocycles. The van der Waals surface area contributed by atoms with E-state index in [2.05, 4.69) is 0 Å². The molecule has 0 spiro atoms. The van der Waals surface area contributed by atoms with Crippen LogP contribution in [0.4, 0.5) is 0 Å². The standard InChI is InChI=1S/C12H18ClNO5S/c1-14(2,4-3-5-20(17,18)19)8-9-6-10(13)7-11(15)12(9)16/h6-7H,3-5,8H2,1-2H3,(H2-,15,16,17,18,19). The topological polar surface area (TPSA) is 97.7 Å². The molecule has 2 N–H and O–H groups in total. The van der Waals surface area contributed by atoms with E-state index in [1.165, 1.54) is 6.07 Å².